The molecule has 0 bridgehead atoms. The third-order valence-electron chi connectivity index (χ3n) is 2.15. The molecule has 0 aliphatic rings. The number of ether oxygens (including phenoxy) is 1. The summed E-state index contributed by atoms with van der Waals surface area (Å²) >= 11 is 0. The van der Waals surface area contributed by atoms with Crippen LogP contribution in [-0.2, 0) is 11.2 Å². The number of rotatable bonds is 6. The van der Waals surface area contributed by atoms with Gasteiger partial charge in [-0.15, -0.1) is 0 Å². The van der Waals surface area contributed by atoms with E-state index in [2.05, 4.69) is 0 Å². The average molecular weight is 207 g/mol. The molecule has 0 fully saturated rings. The first-order valence-corrected chi connectivity index (χ1v) is 5.19. The van der Waals surface area contributed by atoms with Gasteiger partial charge < -0.3 is 10.5 Å². The van der Waals surface area contributed by atoms with E-state index in [1.807, 2.05) is 31.2 Å². The maximum atomic E-state index is 11.0. The second kappa shape index (κ2) is 6.19. The van der Waals surface area contributed by atoms with Crippen LogP contribution >= 0.6 is 0 Å². The van der Waals surface area contributed by atoms with E-state index in [0.29, 0.717) is 13.0 Å². The van der Waals surface area contributed by atoms with Crippen molar-refractivity contribution in [3.8, 4) is 5.75 Å². The number of carbonyl (C=O) groups excluding carboxylic acids is 1. The number of nitrogens with two attached hydrogens (primary N) is 1. The van der Waals surface area contributed by atoms with E-state index in [0.717, 1.165) is 17.7 Å². The largest absolute Gasteiger partial charge is 0.494 e. The Hall–Kier alpha value is -1.35. The molecule has 3 nitrogen and oxygen atoms in total. The predicted octanol–water partition coefficient (Wildman–Crippen LogP) is 1.55. The Kier molecular flexibility index (Phi) is 4.84. The molecule has 0 saturated heterocycles. The van der Waals surface area contributed by atoms with Gasteiger partial charge in [0.05, 0.1) is 13.2 Å². The smallest absolute Gasteiger partial charge is 0.146 e. The monoisotopic (exact) mass is 207 g/mol. The number of carbonyl (C=O) groups is 1. The molecule has 0 saturated carbocycles. The summed E-state index contributed by atoms with van der Waals surface area (Å²) in [7, 11) is 0. The maximum Gasteiger partial charge on any atom is 0.146 e. The minimum absolute atomic E-state index is 0.101. The molecule has 0 amide bonds. The number of aryl methyl sites for hydroxylation is 1. The molecule has 0 unspecified atom stereocenters. The first-order chi connectivity index (χ1) is 7.26. The van der Waals surface area contributed by atoms with Crippen molar-refractivity contribution in [2.24, 2.45) is 5.73 Å². The van der Waals surface area contributed by atoms with Gasteiger partial charge >= 0.3 is 0 Å². The van der Waals surface area contributed by atoms with E-state index in [-0.39, 0.29) is 12.3 Å². The van der Waals surface area contributed by atoms with Crippen molar-refractivity contribution in [1.29, 1.82) is 0 Å². The quantitative estimate of drug-likeness (QED) is 0.770. The first kappa shape index (κ1) is 11.7. The molecule has 15 heavy (non-hydrogen) atoms. The van der Waals surface area contributed by atoms with E-state index in [4.69, 9.17) is 10.5 Å². The first-order valence-electron chi connectivity index (χ1n) is 5.19. The lowest BCUT2D eigenvalue weighted by Crippen LogP contribution is -2.13. The Morgan fingerprint density at radius 2 is 2.00 bits per heavy atom. The van der Waals surface area contributed by atoms with Crippen molar-refractivity contribution in [3.05, 3.63) is 29.8 Å². The molecule has 0 atom stereocenters. The molecule has 0 aromatic heterocycles. The third kappa shape index (κ3) is 4.13. The van der Waals surface area contributed by atoms with Crippen LogP contribution in [0.25, 0.3) is 0 Å². The standard InChI is InChI=1S/C12H17NO2/c1-2-15-12-7-4-10(5-8-12)3-6-11(14)9-13/h4-5,7-8H,2-3,6,9,13H2,1H3. The molecular weight excluding hydrogens is 190 g/mol. The summed E-state index contributed by atoms with van der Waals surface area (Å²) in [4.78, 5) is 11.0. The predicted molar refractivity (Wildman–Crippen MR) is 60.0 cm³/mol. The van der Waals surface area contributed by atoms with Crippen LogP contribution in [0.2, 0.25) is 0 Å². The zero-order chi connectivity index (χ0) is 11.1. The van der Waals surface area contributed by atoms with E-state index in [1.54, 1.807) is 0 Å². The summed E-state index contributed by atoms with van der Waals surface area (Å²) in [6, 6.07) is 7.81. The lowest BCUT2D eigenvalue weighted by Gasteiger charge is -2.04. The fraction of sp³-hybridized carbons (Fsp3) is 0.417. The Morgan fingerprint density at radius 1 is 1.33 bits per heavy atom. The van der Waals surface area contributed by atoms with Gasteiger partial charge in [-0.25, -0.2) is 0 Å². The Labute approximate surface area is 90.2 Å². The average Bonchev–Trinajstić information content (AvgIpc) is 2.28. The van der Waals surface area contributed by atoms with E-state index < -0.39 is 0 Å². The highest BCUT2D eigenvalue weighted by atomic mass is 16.5. The second-order valence-electron chi connectivity index (χ2n) is 3.32. The summed E-state index contributed by atoms with van der Waals surface area (Å²) in [6.07, 6.45) is 1.27. The van der Waals surface area contributed by atoms with Gasteiger partial charge in [-0.2, -0.15) is 0 Å². The van der Waals surface area contributed by atoms with Gasteiger partial charge in [0.2, 0.25) is 0 Å². The van der Waals surface area contributed by atoms with Gasteiger partial charge in [0, 0.05) is 6.42 Å². The van der Waals surface area contributed by atoms with Crippen molar-refractivity contribution in [3.63, 3.8) is 0 Å². The summed E-state index contributed by atoms with van der Waals surface area (Å²) in [5, 5.41) is 0. The van der Waals surface area contributed by atoms with Crippen molar-refractivity contribution >= 4 is 5.78 Å². The fourth-order valence-electron chi connectivity index (χ4n) is 1.30. The molecule has 1 rings (SSSR count). The summed E-state index contributed by atoms with van der Waals surface area (Å²) in [5.74, 6) is 0.968. The molecule has 0 aliphatic heterocycles. The van der Waals surface area contributed by atoms with E-state index >= 15 is 0 Å². The van der Waals surface area contributed by atoms with Crippen LogP contribution in [0.4, 0.5) is 0 Å². The van der Waals surface area contributed by atoms with Crippen LogP contribution in [0.15, 0.2) is 24.3 Å². The highest BCUT2D eigenvalue weighted by molar-refractivity contribution is 5.80. The number of hydrogen-bond donors (Lipinski definition) is 1. The van der Waals surface area contributed by atoms with Gasteiger partial charge in [-0.3, -0.25) is 4.79 Å². The molecule has 0 spiro atoms. The Bertz CT molecular complexity index is 306. The molecule has 1 aromatic rings. The summed E-state index contributed by atoms with van der Waals surface area (Å²) < 4.78 is 5.32. The molecule has 3 heteroatoms. The highest BCUT2D eigenvalue weighted by Crippen LogP contribution is 2.13. The SMILES string of the molecule is CCOc1ccc(CCC(=O)CN)cc1. The van der Waals surface area contributed by atoms with Crippen molar-refractivity contribution < 1.29 is 9.53 Å². The van der Waals surface area contributed by atoms with Crippen LogP contribution in [0.3, 0.4) is 0 Å². The molecule has 0 radical (unpaired) electrons. The molecule has 1 aromatic carbocycles. The molecule has 0 aliphatic carbocycles. The second-order valence-corrected chi connectivity index (χ2v) is 3.32. The molecule has 0 heterocycles. The zero-order valence-corrected chi connectivity index (χ0v) is 9.03. The number of hydrogen-bond acceptors (Lipinski definition) is 3. The lowest BCUT2D eigenvalue weighted by molar-refractivity contribution is -0.117. The zero-order valence-electron chi connectivity index (χ0n) is 9.03. The number of Topliss-reactive ketones (excluding diaryl/α,β-unsaturated/α-hetero) is 1. The molecule has 82 valence electrons. The van der Waals surface area contributed by atoms with Gasteiger partial charge in [0.1, 0.15) is 11.5 Å². The Balaban J connectivity index is 2.45. The van der Waals surface area contributed by atoms with Gasteiger partial charge in [0.25, 0.3) is 0 Å². The maximum absolute atomic E-state index is 11.0. The van der Waals surface area contributed by atoms with Crippen molar-refractivity contribution in [1.82, 2.24) is 0 Å². The van der Waals surface area contributed by atoms with Crippen molar-refractivity contribution in [2.45, 2.75) is 19.8 Å². The van der Waals surface area contributed by atoms with Crippen molar-refractivity contribution in [2.75, 3.05) is 13.2 Å². The van der Waals surface area contributed by atoms with Gasteiger partial charge in [0.15, 0.2) is 0 Å². The van der Waals surface area contributed by atoms with E-state index in [1.165, 1.54) is 0 Å². The third-order valence-corrected chi connectivity index (χ3v) is 2.15. The summed E-state index contributed by atoms with van der Waals surface area (Å²) in [6.45, 7) is 2.76. The topological polar surface area (TPSA) is 52.3 Å². The van der Waals surface area contributed by atoms with Crippen LogP contribution < -0.4 is 10.5 Å². The van der Waals surface area contributed by atoms with Crippen LogP contribution in [-0.4, -0.2) is 18.9 Å². The van der Waals surface area contributed by atoms with Crippen LogP contribution in [0.5, 0.6) is 5.75 Å². The Morgan fingerprint density at radius 3 is 2.53 bits per heavy atom. The summed E-state index contributed by atoms with van der Waals surface area (Å²) in [5.41, 5.74) is 6.37. The number of ketones is 1. The molecular formula is C12H17NO2. The number of benzene rings is 1. The van der Waals surface area contributed by atoms with Crippen LogP contribution in [0, 0.1) is 0 Å². The lowest BCUT2D eigenvalue weighted by atomic mass is 10.1. The molecule has 2 N–H and O–H groups in total. The minimum Gasteiger partial charge on any atom is -0.494 e. The van der Waals surface area contributed by atoms with Crippen LogP contribution in [0.1, 0.15) is 18.9 Å². The highest BCUT2D eigenvalue weighted by Gasteiger charge is 2.00. The van der Waals surface area contributed by atoms with E-state index in [9.17, 15) is 4.79 Å². The fourth-order valence-corrected chi connectivity index (χ4v) is 1.30. The normalized spacial score (nSPS) is 10.0. The minimum atomic E-state index is 0.101. The van der Waals surface area contributed by atoms with Gasteiger partial charge in [-0.05, 0) is 31.0 Å². The van der Waals surface area contributed by atoms with Gasteiger partial charge in [-0.1, -0.05) is 12.1 Å².